The molecule has 4 heteroatoms. The summed E-state index contributed by atoms with van der Waals surface area (Å²) in [6.45, 7) is 7.58. The van der Waals surface area contributed by atoms with Crippen LogP contribution in [0.3, 0.4) is 0 Å². The zero-order valence-corrected chi connectivity index (χ0v) is 13.0. The van der Waals surface area contributed by atoms with E-state index >= 15 is 0 Å². The van der Waals surface area contributed by atoms with Gasteiger partial charge in [0.1, 0.15) is 0 Å². The number of nitrogens with two attached hydrogens (primary N) is 1. The molecule has 114 valence electrons. The maximum absolute atomic E-state index is 12.2. The zero-order chi connectivity index (χ0) is 15.7. The number of hydrogen-bond donors (Lipinski definition) is 2. The average Bonchev–Trinajstić information content (AvgIpc) is 2.49. The first-order valence-corrected chi connectivity index (χ1v) is 7.26. The first kappa shape index (κ1) is 17.2. The molecule has 0 aliphatic carbocycles. The molecule has 0 aromatic heterocycles. The van der Waals surface area contributed by atoms with E-state index in [9.17, 15) is 4.79 Å². The smallest absolute Gasteiger partial charge is 0.251 e. The van der Waals surface area contributed by atoms with Crippen molar-refractivity contribution < 1.29 is 9.53 Å². The Morgan fingerprint density at radius 1 is 1.33 bits per heavy atom. The monoisotopic (exact) mass is 288 g/mol. The van der Waals surface area contributed by atoms with Crippen molar-refractivity contribution >= 4 is 5.91 Å². The number of benzene rings is 1. The van der Waals surface area contributed by atoms with Crippen molar-refractivity contribution in [3.8, 4) is 11.8 Å². The Hall–Kier alpha value is -1.83. The Morgan fingerprint density at radius 3 is 2.52 bits per heavy atom. The molecule has 1 rings (SSSR count). The molecule has 0 radical (unpaired) electrons. The highest BCUT2D eigenvalue weighted by molar-refractivity contribution is 5.94. The summed E-state index contributed by atoms with van der Waals surface area (Å²) < 4.78 is 5.41. The van der Waals surface area contributed by atoms with Gasteiger partial charge in [0.2, 0.25) is 0 Å². The van der Waals surface area contributed by atoms with Crippen LogP contribution in [0.25, 0.3) is 0 Å². The first-order valence-electron chi connectivity index (χ1n) is 7.26. The Balaban J connectivity index is 2.69. The normalized spacial score (nSPS) is 11.7. The van der Waals surface area contributed by atoms with Crippen LogP contribution in [0.2, 0.25) is 0 Å². The molecular formula is C17H24N2O2. The standard InChI is InChI=1S/C17H24N2O2/c1-4-21-12-16(13(2)3)19-17(20)15-9-7-14(8-10-15)6-5-11-18/h7-10,13,16H,4,11-12,18H2,1-3H3,(H,19,20). The van der Waals surface area contributed by atoms with Crippen LogP contribution in [0.1, 0.15) is 36.7 Å². The molecule has 1 aromatic carbocycles. The van der Waals surface area contributed by atoms with Gasteiger partial charge >= 0.3 is 0 Å². The van der Waals surface area contributed by atoms with E-state index in [1.54, 1.807) is 12.1 Å². The number of ether oxygens (including phenoxy) is 1. The molecule has 1 atom stereocenters. The molecule has 0 heterocycles. The van der Waals surface area contributed by atoms with E-state index in [2.05, 4.69) is 31.0 Å². The largest absolute Gasteiger partial charge is 0.380 e. The molecule has 1 amide bonds. The number of carbonyl (C=O) groups excluding carboxylic acids is 1. The van der Waals surface area contributed by atoms with Gasteiger partial charge in [0, 0.05) is 17.7 Å². The number of rotatable bonds is 6. The second kappa shape index (κ2) is 9.17. The summed E-state index contributed by atoms with van der Waals surface area (Å²) in [7, 11) is 0. The minimum absolute atomic E-state index is 0.00848. The third-order valence-electron chi connectivity index (χ3n) is 3.10. The highest BCUT2D eigenvalue weighted by Crippen LogP contribution is 2.07. The summed E-state index contributed by atoms with van der Waals surface area (Å²) >= 11 is 0. The summed E-state index contributed by atoms with van der Waals surface area (Å²) in [6.07, 6.45) is 0. The van der Waals surface area contributed by atoms with Crippen LogP contribution in [0, 0.1) is 17.8 Å². The van der Waals surface area contributed by atoms with Crippen LogP contribution in [0.5, 0.6) is 0 Å². The lowest BCUT2D eigenvalue weighted by Gasteiger charge is -2.22. The van der Waals surface area contributed by atoms with Crippen molar-refractivity contribution in [3.05, 3.63) is 35.4 Å². The van der Waals surface area contributed by atoms with E-state index in [1.165, 1.54) is 0 Å². The van der Waals surface area contributed by atoms with Crippen LogP contribution in [0.15, 0.2) is 24.3 Å². The van der Waals surface area contributed by atoms with Crippen LogP contribution in [0.4, 0.5) is 0 Å². The van der Waals surface area contributed by atoms with Crippen LogP contribution >= 0.6 is 0 Å². The Bertz CT molecular complexity index is 498. The molecule has 4 nitrogen and oxygen atoms in total. The number of hydrogen-bond acceptors (Lipinski definition) is 3. The quantitative estimate of drug-likeness (QED) is 0.784. The van der Waals surface area contributed by atoms with E-state index in [4.69, 9.17) is 10.5 Å². The van der Waals surface area contributed by atoms with Crippen LogP contribution in [-0.4, -0.2) is 31.7 Å². The minimum Gasteiger partial charge on any atom is -0.380 e. The Labute approximate surface area is 127 Å². The molecule has 1 aromatic rings. The summed E-state index contributed by atoms with van der Waals surface area (Å²) in [5.74, 6) is 5.94. The maximum atomic E-state index is 12.2. The second-order valence-corrected chi connectivity index (χ2v) is 5.07. The van der Waals surface area contributed by atoms with Gasteiger partial charge in [-0.25, -0.2) is 0 Å². The summed E-state index contributed by atoms with van der Waals surface area (Å²) in [6, 6.07) is 7.20. The summed E-state index contributed by atoms with van der Waals surface area (Å²) in [5, 5.41) is 3.01. The molecule has 0 bridgehead atoms. The highest BCUT2D eigenvalue weighted by atomic mass is 16.5. The van der Waals surface area contributed by atoms with Crippen molar-refractivity contribution in [1.82, 2.24) is 5.32 Å². The van der Waals surface area contributed by atoms with E-state index in [-0.39, 0.29) is 11.9 Å². The SMILES string of the molecule is CCOCC(NC(=O)c1ccc(C#CCN)cc1)C(C)C. The van der Waals surface area contributed by atoms with Gasteiger partial charge in [0.25, 0.3) is 5.91 Å². The second-order valence-electron chi connectivity index (χ2n) is 5.07. The molecule has 0 spiro atoms. The third kappa shape index (κ3) is 5.99. The molecule has 1 unspecified atom stereocenters. The fourth-order valence-electron chi connectivity index (χ4n) is 1.76. The van der Waals surface area contributed by atoms with Gasteiger partial charge in [0.05, 0.1) is 19.2 Å². The number of amides is 1. The summed E-state index contributed by atoms with van der Waals surface area (Å²) in [5.41, 5.74) is 6.80. The minimum atomic E-state index is -0.0910. The lowest BCUT2D eigenvalue weighted by atomic mass is 10.0. The van der Waals surface area contributed by atoms with Gasteiger partial charge in [-0.15, -0.1) is 0 Å². The molecular weight excluding hydrogens is 264 g/mol. The lowest BCUT2D eigenvalue weighted by Crippen LogP contribution is -2.41. The molecule has 0 aliphatic rings. The number of nitrogens with one attached hydrogen (secondary N) is 1. The molecule has 0 saturated heterocycles. The van der Waals surface area contributed by atoms with E-state index < -0.39 is 0 Å². The molecule has 0 saturated carbocycles. The van der Waals surface area contributed by atoms with E-state index in [1.807, 2.05) is 19.1 Å². The maximum Gasteiger partial charge on any atom is 0.251 e. The molecule has 0 aliphatic heterocycles. The van der Waals surface area contributed by atoms with Gasteiger partial charge in [-0.1, -0.05) is 25.7 Å². The Kier molecular flexibility index (Phi) is 7.52. The fraction of sp³-hybridized carbons (Fsp3) is 0.471. The molecule has 0 fully saturated rings. The van der Waals surface area contributed by atoms with Crippen LogP contribution < -0.4 is 11.1 Å². The first-order chi connectivity index (χ1) is 10.1. The van der Waals surface area contributed by atoms with Gasteiger partial charge in [-0.2, -0.15) is 0 Å². The molecule has 21 heavy (non-hydrogen) atoms. The predicted molar refractivity (Wildman–Crippen MR) is 85.0 cm³/mol. The van der Waals surface area contributed by atoms with Crippen molar-refractivity contribution in [1.29, 1.82) is 0 Å². The highest BCUT2D eigenvalue weighted by Gasteiger charge is 2.17. The lowest BCUT2D eigenvalue weighted by molar-refractivity contribution is 0.0806. The summed E-state index contributed by atoms with van der Waals surface area (Å²) in [4.78, 5) is 12.2. The van der Waals surface area contributed by atoms with Crippen molar-refractivity contribution in [2.75, 3.05) is 19.8 Å². The van der Waals surface area contributed by atoms with Gasteiger partial charge in [0.15, 0.2) is 0 Å². The van der Waals surface area contributed by atoms with Crippen molar-refractivity contribution in [2.45, 2.75) is 26.8 Å². The zero-order valence-electron chi connectivity index (χ0n) is 13.0. The van der Waals surface area contributed by atoms with Gasteiger partial charge in [-0.05, 0) is 37.1 Å². The average molecular weight is 288 g/mol. The van der Waals surface area contributed by atoms with E-state index in [0.717, 1.165) is 5.56 Å². The topological polar surface area (TPSA) is 64.3 Å². The van der Waals surface area contributed by atoms with Gasteiger partial charge in [-0.3, -0.25) is 4.79 Å². The third-order valence-corrected chi connectivity index (χ3v) is 3.10. The van der Waals surface area contributed by atoms with Crippen LogP contribution in [-0.2, 0) is 4.74 Å². The van der Waals surface area contributed by atoms with Crippen molar-refractivity contribution in [2.24, 2.45) is 11.7 Å². The number of carbonyl (C=O) groups is 1. The van der Waals surface area contributed by atoms with Crippen molar-refractivity contribution in [3.63, 3.8) is 0 Å². The van der Waals surface area contributed by atoms with E-state index in [0.29, 0.717) is 31.2 Å². The Morgan fingerprint density at radius 2 is 2.00 bits per heavy atom. The van der Waals surface area contributed by atoms with Gasteiger partial charge < -0.3 is 15.8 Å². The predicted octanol–water partition coefficient (Wildman–Crippen LogP) is 1.79. The molecule has 3 N–H and O–H groups in total. The fourth-order valence-corrected chi connectivity index (χ4v) is 1.76.